The molecule has 6 heteroatoms. The molecule has 0 aliphatic carbocycles. The van der Waals surface area contributed by atoms with Gasteiger partial charge in [-0.2, -0.15) is 0 Å². The van der Waals surface area contributed by atoms with Crippen molar-refractivity contribution in [1.82, 2.24) is 0 Å². The first-order chi connectivity index (χ1) is 12.3. The summed E-state index contributed by atoms with van der Waals surface area (Å²) in [5.74, 6) is -0.0969. The monoisotopic (exact) mass is 364 g/mol. The summed E-state index contributed by atoms with van der Waals surface area (Å²) in [7, 11) is 0. The molecule has 1 amide bonds. The molecule has 26 heavy (non-hydrogen) atoms. The van der Waals surface area contributed by atoms with E-state index in [1.54, 1.807) is 17.0 Å². The number of hydrogen-bond donors (Lipinski definition) is 1. The lowest BCUT2D eigenvalue weighted by Gasteiger charge is -2.29. The Morgan fingerprint density at radius 3 is 2.31 bits per heavy atom. The summed E-state index contributed by atoms with van der Waals surface area (Å²) in [6.07, 6.45) is 0. The molecule has 0 unspecified atom stereocenters. The number of anilines is 2. The lowest BCUT2D eigenvalue weighted by molar-refractivity contribution is -0.120. The molecule has 1 saturated heterocycles. The number of hydrogen-bond acceptors (Lipinski definition) is 3. The van der Waals surface area contributed by atoms with E-state index in [-0.39, 0.29) is 5.91 Å². The van der Waals surface area contributed by atoms with Crippen molar-refractivity contribution in [3.8, 4) is 0 Å². The number of aryl methyl sites for hydroxylation is 1. The summed E-state index contributed by atoms with van der Waals surface area (Å²) in [4.78, 5) is 20.0. The first kappa shape index (κ1) is 18.1. The second kappa shape index (κ2) is 6.52. The SMILES string of the molecule is [C-]#[N+]c1ccc(N2C(=O)C(C)(C)N(c3ccc(CN)cc3)C2=S)cc1C. The number of nitrogens with two attached hydrogens (primary N) is 1. The van der Waals surface area contributed by atoms with E-state index in [4.69, 9.17) is 24.5 Å². The molecule has 2 N–H and O–H groups in total. The Balaban J connectivity index is 2.04. The maximum absolute atomic E-state index is 13.1. The fourth-order valence-electron chi connectivity index (χ4n) is 3.14. The Morgan fingerprint density at radius 1 is 1.15 bits per heavy atom. The van der Waals surface area contributed by atoms with Gasteiger partial charge < -0.3 is 10.6 Å². The lowest BCUT2D eigenvalue weighted by atomic mass is 10.0. The predicted molar refractivity (Wildman–Crippen MR) is 108 cm³/mol. The van der Waals surface area contributed by atoms with Crippen LogP contribution in [0.25, 0.3) is 4.85 Å². The number of nitrogens with zero attached hydrogens (tertiary/aromatic N) is 3. The summed E-state index contributed by atoms with van der Waals surface area (Å²) in [6.45, 7) is 13.2. The van der Waals surface area contributed by atoms with E-state index in [2.05, 4.69) is 4.85 Å². The topological polar surface area (TPSA) is 53.9 Å². The van der Waals surface area contributed by atoms with Crippen molar-refractivity contribution in [2.45, 2.75) is 32.9 Å². The number of thiocarbonyl (C=S) groups is 1. The maximum atomic E-state index is 13.1. The van der Waals surface area contributed by atoms with E-state index in [0.717, 1.165) is 16.8 Å². The van der Waals surface area contributed by atoms with E-state index in [1.807, 2.05) is 56.0 Å². The zero-order valence-corrected chi connectivity index (χ0v) is 15.8. The molecule has 0 spiro atoms. The van der Waals surface area contributed by atoms with Crippen LogP contribution in [0, 0.1) is 13.5 Å². The van der Waals surface area contributed by atoms with Crippen molar-refractivity contribution < 1.29 is 4.79 Å². The molecule has 0 aromatic heterocycles. The molecule has 1 aliphatic heterocycles. The van der Waals surface area contributed by atoms with Gasteiger partial charge in [-0.1, -0.05) is 18.2 Å². The van der Waals surface area contributed by atoms with Gasteiger partial charge in [-0.3, -0.25) is 9.69 Å². The molecule has 0 bridgehead atoms. The molecule has 1 aliphatic rings. The van der Waals surface area contributed by atoms with Crippen molar-refractivity contribution in [2.75, 3.05) is 9.80 Å². The summed E-state index contributed by atoms with van der Waals surface area (Å²) < 4.78 is 0. The van der Waals surface area contributed by atoms with Crippen LogP contribution in [0.4, 0.5) is 17.1 Å². The third-order valence-corrected chi connectivity index (χ3v) is 5.02. The Labute approximate surface area is 158 Å². The predicted octanol–water partition coefficient (Wildman–Crippen LogP) is 3.92. The molecular weight excluding hydrogens is 344 g/mol. The zero-order chi connectivity index (χ0) is 19.1. The van der Waals surface area contributed by atoms with E-state index < -0.39 is 5.54 Å². The maximum Gasteiger partial charge on any atom is 0.259 e. The van der Waals surface area contributed by atoms with Crippen LogP contribution in [0.2, 0.25) is 0 Å². The average molecular weight is 364 g/mol. The smallest absolute Gasteiger partial charge is 0.259 e. The summed E-state index contributed by atoms with van der Waals surface area (Å²) in [5.41, 5.74) is 8.79. The van der Waals surface area contributed by atoms with E-state index >= 15 is 0 Å². The average Bonchev–Trinajstić information content (AvgIpc) is 2.80. The van der Waals surface area contributed by atoms with Crippen LogP contribution in [-0.2, 0) is 11.3 Å². The summed E-state index contributed by atoms with van der Waals surface area (Å²) in [6, 6.07) is 13.1. The molecular formula is C20H20N4OS. The fourth-order valence-corrected chi connectivity index (χ4v) is 3.66. The highest BCUT2D eigenvalue weighted by atomic mass is 32.1. The van der Waals surface area contributed by atoms with Crippen LogP contribution in [0.3, 0.4) is 0 Å². The molecule has 5 nitrogen and oxygen atoms in total. The van der Waals surface area contributed by atoms with Gasteiger partial charge in [0.1, 0.15) is 5.54 Å². The minimum atomic E-state index is -0.812. The van der Waals surface area contributed by atoms with Gasteiger partial charge >= 0.3 is 0 Å². The second-order valence-electron chi connectivity index (χ2n) is 6.77. The third-order valence-electron chi connectivity index (χ3n) is 4.66. The molecule has 3 rings (SSSR count). The van der Waals surface area contributed by atoms with Gasteiger partial charge in [0, 0.05) is 17.9 Å². The van der Waals surface area contributed by atoms with Crippen LogP contribution in [0.15, 0.2) is 42.5 Å². The first-order valence-electron chi connectivity index (χ1n) is 8.27. The molecule has 0 radical (unpaired) electrons. The fraction of sp³-hybridized carbons (Fsp3) is 0.250. The van der Waals surface area contributed by atoms with Crippen LogP contribution in [0.5, 0.6) is 0 Å². The molecule has 1 heterocycles. The van der Waals surface area contributed by atoms with Gasteiger partial charge in [0.2, 0.25) is 0 Å². The van der Waals surface area contributed by atoms with Crippen molar-refractivity contribution in [3.05, 3.63) is 65.0 Å². The molecule has 0 atom stereocenters. The van der Waals surface area contributed by atoms with Crippen LogP contribution in [0.1, 0.15) is 25.0 Å². The molecule has 132 valence electrons. The molecule has 1 fully saturated rings. The minimum Gasteiger partial charge on any atom is -0.326 e. The van der Waals surface area contributed by atoms with Crippen molar-refractivity contribution >= 4 is 40.3 Å². The summed E-state index contributed by atoms with van der Waals surface area (Å²) >= 11 is 5.66. The van der Waals surface area contributed by atoms with Crippen LogP contribution in [-0.4, -0.2) is 16.6 Å². The number of amides is 1. The van der Waals surface area contributed by atoms with Gasteiger partial charge in [-0.15, -0.1) is 0 Å². The largest absolute Gasteiger partial charge is 0.326 e. The Hall–Kier alpha value is -2.75. The van der Waals surface area contributed by atoms with Crippen molar-refractivity contribution in [1.29, 1.82) is 0 Å². The summed E-state index contributed by atoms with van der Waals surface area (Å²) in [5, 5.41) is 0.426. The standard InChI is InChI=1S/C20H20N4OS/c1-13-11-16(9-10-17(13)22-4)23-18(25)20(2,3)24(19(23)26)15-7-5-14(12-21)6-8-15/h5-11H,12,21H2,1-3H3. The molecule has 2 aromatic carbocycles. The minimum absolute atomic E-state index is 0.0969. The van der Waals surface area contributed by atoms with Gasteiger partial charge in [-0.05, 0) is 68.4 Å². The number of rotatable bonds is 3. The number of carbonyl (C=O) groups is 1. The third kappa shape index (κ3) is 2.75. The first-order valence-corrected chi connectivity index (χ1v) is 8.68. The Kier molecular flexibility index (Phi) is 4.53. The lowest BCUT2D eigenvalue weighted by Crippen LogP contribution is -2.44. The van der Waals surface area contributed by atoms with E-state index in [9.17, 15) is 4.79 Å². The Morgan fingerprint density at radius 2 is 1.77 bits per heavy atom. The highest BCUT2D eigenvalue weighted by Gasteiger charge is 2.50. The zero-order valence-electron chi connectivity index (χ0n) is 15.0. The molecule has 2 aromatic rings. The second-order valence-corrected chi connectivity index (χ2v) is 7.14. The number of carbonyl (C=O) groups excluding carboxylic acids is 1. The van der Waals surface area contributed by atoms with E-state index in [0.29, 0.717) is 23.0 Å². The van der Waals surface area contributed by atoms with E-state index in [1.165, 1.54) is 0 Å². The van der Waals surface area contributed by atoms with Crippen LogP contribution >= 0.6 is 12.2 Å². The quantitative estimate of drug-likeness (QED) is 0.662. The van der Waals surface area contributed by atoms with Gasteiger partial charge in [0.05, 0.1) is 6.57 Å². The van der Waals surface area contributed by atoms with Crippen molar-refractivity contribution in [2.24, 2.45) is 5.73 Å². The highest BCUT2D eigenvalue weighted by Crippen LogP contribution is 2.37. The van der Waals surface area contributed by atoms with Crippen molar-refractivity contribution in [3.63, 3.8) is 0 Å². The van der Waals surface area contributed by atoms with Gasteiger partial charge in [-0.25, -0.2) is 4.85 Å². The van der Waals surface area contributed by atoms with Crippen LogP contribution < -0.4 is 15.5 Å². The normalized spacial score (nSPS) is 16.1. The Bertz CT molecular complexity index is 928. The van der Waals surface area contributed by atoms with Gasteiger partial charge in [0.15, 0.2) is 10.8 Å². The van der Waals surface area contributed by atoms with Gasteiger partial charge in [0.25, 0.3) is 5.91 Å². The highest BCUT2D eigenvalue weighted by molar-refractivity contribution is 7.81. The molecule has 0 saturated carbocycles. The number of benzene rings is 2.